The number of ether oxygens (including phenoxy) is 2. The predicted octanol–water partition coefficient (Wildman–Crippen LogP) is 1.07. The fourth-order valence-corrected chi connectivity index (χ4v) is 1.42. The molecule has 0 radical (unpaired) electrons. The van der Waals surface area contributed by atoms with Crippen LogP contribution in [0.5, 0.6) is 11.5 Å². The number of benzene rings is 1. The lowest BCUT2D eigenvalue weighted by Gasteiger charge is -2.11. The second-order valence-electron chi connectivity index (χ2n) is 3.11. The Kier molecular flexibility index (Phi) is 5.22. The lowest BCUT2D eigenvalue weighted by Crippen LogP contribution is -2.19. The first kappa shape index (κ1) is 13.2. The fourth-order valence-electron chi connectivity index (χ4n) is 1.28. The van der Waals surface area contributed by atoms with E-state index in [9.17, 15) is 0 Å². The molecule has 0 aromatic heterocycles. The second kappa shape index (κ2) is 6.70. The van der Waals surface area contributed by atoms with E-state index in [1.165, 1.54) is 0 Å². The number of nitrogens with two attached hydrogens (primary N) is 1. The Bertz CT molecular complexity index is 421. The third kappa shape index (κ3) is 3.92. The summed E-state index contributed by atoms with van der Waals surface area (Å²) < 4.78 is 10.4. The first-order valence-electron chi connectivity index (χ1n) is 4.94. The van der Waals surface area contributed by atoms with E-state index < -0.39 is 0 Å². The standard InChI is InChI=1S/C11H15N3O2S/c1-15-9-4-3-8(10(5-9)16-2)6-13-11(17)14-7-12/h3-5,7H,6H2,1-2H3,(H3,12,13,14,17). The van der Waals surface area contributed by atoms with Gasteiger partial charge in [-0.15, -0.1) is 0 Å². The summed E-state index contributed by atoms with van der Waals surface area (Å²) in [7, 11) is 3.21. The molecule has 0 spiro atoms. The molecule has 0 atom stereocenters. The van der Waals surface area contributed by atoms with E-state index in [4.69, 9.17) is 27.4 Å². The number of nitrogens with one attached hydrogen (secondary N) is 1. The first-order valence-corrected chi connectivity index (χ1v) is 5.35. The van der Waals surface area contributed by atoms with E-state index >= 15 is 0 Å². The average molecular weight is 253 g/mol. The molecule has 6 heteroatoms. The minimum Gasteiger partial charge on any atom is -0.497 e. The van der Waals surface area contributed by atoms with Crippen molar-refractivity contribution < 1.29 is 9.47 Å². The molecule has 3 N–H and O–H groups in total. The molecule has 17 heavy (non-hydrogen) atoms. The van der Waals surface area contributed by atoms with Gasteiger partial charge in [0.2, 0.25) is 0 Å². The van der Waals surface area contributed by atoms with Crippen molar-refractivity contribution in [2.75, 3.05) is 14.2 Å². The Morgan fingerprint density at radius 3 is 2.82 bits per heavy atom. The topological polar surface area (TPSA) is 68.9 Å². The summed E-state index contributed by atoms with van der Waals surface area (Å²) >= 11 is 4.93. The molecule has 0 saturated heterocycles. The van der Waals surface area contributed by atoms with Crippen LogP contribution in [0.15, 0.2) is 23.2 Å². The molecule has 92 valence electrons. The number of methoxy groups -OCH3 is 2. The van der Waals surface area contributed by atoms with E-state index in [0.29, 0.717) is 11.7 Å². The number of nitrogens with zero attached hydrogens (tertiary/aromatic N) is 1. The van der Waals surface area contributed by atoms with Crippen LogP contribution in [0.25, 0.3) is 0 Å². The van der Waals surface area contributed by atoms with Gasteiger partial charge in [0.25, 0.3) is 0 Å². The van der Waals surface area contributed by atoms with Crippen LogP contribution in [0.4, 0.5) is 0 Å². The van der Waals surface area contributed by atoms with Crippen LogP contribution in [-0.2, 0) is 6.54 Å². The Morgan fingerprint density at radius 2 is 2.24 bits per heavy atom. The molecule has 1 aromatic carbocycles. The van der Waals surface area contributed by atoms with E-state index in [2.05, 4.69) is 10.3 Å². The second-order valence-corrected chi connectivity index (χ2v) is 3.50. The number of rotatable bonds is 4. The Hall–Kier alpha value is -1.82. The van der Waals surface area contributed by atoms with Crippen LogP contribution in [-0.4, -0.2) is 25.7 Å². The fraction of sp³-hybridized carbons (Fsp3) is 0.273. The molecule has 1 aromatic rings. The van der Waals surface area contributed by atoms with Gasteiger partial charge in [-0.1, -0.05) is 0 Å². The van der Waals surface area contributed by atoms with Crippen molar-refractivity contribution in [3.05, 3.63) is 23.8 Å². The molecular weight excluding hydrogens is 238 g/mol. The molecule has 0 unspecified atom stereocenters. The molecule has 0 aliphatic rings. The summed E-state index contributed by atoms with van der Waals surface area (Å²) in [6, 6.07) is 5.57. The van der Waals surface area contributed by atoms with Gasteiger partial charge in [-0.25, -0.2) is 4.99 Å². The van der Waals surface area contributed by atoms with Crippen molar-refractivity contribution >= 4 is 23.7 Å². The van der Waals surface area contributed by atoms with Gasteiger partial charge in [-0.3, -0.25) is 0 Å². The maximum atomic E-state index is 5.25. The molecule has 0 aliphatic heterocycles. The van der Waals surface area contributed by atoms with Crippen LogP contribution < -0.4 is 20.5 Å². The maximum Gasteiger partial charge on any atom is 0.194 e. The highest BCUT2D eigenvalue weighted by Crippen LogP contribution is 2.24. The van der Waals surface area contributed by atoms with Crippen LogP contribution in [0, 0.1) is 0 Å². The van der Waals surface area contributed by atoms with Crippen LogP contribution in [0.1, 0.15) is 5.56 Å². The highest BCUT2D eigenvalue weighted by atomic mass is 32.1. The van der Waals surface area contributed by atoms with Crippen molar-refractivity contribution in [3.63, 3.8) is 0 Å². The zero-order valence-corrected chi connectivity index (χ0v) is 10.6. The van der Waals surface area contributed by atoms with E-state index in [1.54, 1.807) is 14.2 Å². The molecule has 0 amide bonds. The predicted molar refractivity (Wildman–Crippen MR) is 71.7 cm³/mol. The van der Waals surface area contributed by atoms with Gasteiger partial charge in [0, 0.05) is 18.2 Å². The van der Waals surface area contributed by atoms with Gasteiger partial charge in [0.15, 0.2) is 5.11 Å². The largest absolute Gasteiger partial charge is 0.497 e. The minimum absolute atomic E-state index is 0.338. The van der Waals surface area contributed by atoms with Crippen molar-refractivity contribution in [2.45, 2.75) is 6.54 Å². The summed E-state index contributed by atoms with van der Waals surface area (Å²) in [6.07, 6.45) is 1.15. The van der Waals surface area contributed by atoms with Gasteiger partial charge in [-0.05, 0) is 24.4 Å². The van der Waals surface area contributed by atoms with Crippen LogP contribution in [0.2, 0.25) is 0 Å². The van der Waals surface area contributed by atoms with Crippen LogP contribution >= 0.6 is 12.2 Å². The zero-order chi connectivity index (χ0) is 12.7. The number of hydrogen-bond donors (Lipinski definition) is 2. The molecule has 5 nitrogen and oxygen atoms in total. The molecule has 1 rings (SSSR count). The highest BCUT2D eigenvalue weighted by Gasteiger charge is 2.05. The maximum absolute atomic E-state index is 5.25. The summed E-state index contributed by atoms with van der Waals surface area (Å²) in [5.74, 6) is 1.48. The van der Waals surface area contributed by atoms with Gasteiger partial charge in [0.1, 0.15) is 11.5 Å². The van der Waals surface area contributed by atoms with Crippen LogP contribution in [0.3, 0.4) is 0 Å². The van der Waals surface area contributed by atoms with Crippen molar-refractivity contribution in [2.24, 2.45) is 10.7 Å². The third-order valence-electron chi connectivity index (χ3n) is 2.12. The Balaban J connectivity index is 2.73. The molecule has 0 heterocycles. The smallest absolute Gasteiger partial charge is 0.194 e. The molecule has 0 fully saturated rings. The molecule has 0 bridgehead atoms. The Labute approximate surface area is 106 Å². The Morgan fingerprint density at radius 1 is 1.47 bits per heavy atom. The minimum atomic E-state index is 0.338. The molecule has 0 saturated carbocycles. The number of aliphatic imine (C=N–C) groups is 1. The normalized spacial score (nSPS) is 10.2. The number of thiocarbonyl (C=S) groups is 1. The quantitative estimate of drug-likeness (QED) is 0.477. The average Bonchev–Trinajstić information content (AvgIpc) is 2.36. The van der Waals surface area contributed by atoms with Gasteiger partial charge in [0.05, 0.1) is 20.6 Å². The van der Waals surface area contributed by atoms with Crippen molar-refractivity contribution in [3.8, 4) is 11.5 Å². The van der Waals surface area contributed by atoms with Gasteiger partial charge in [-0.2, -0.15) is 0 Å². The van der Waals surface area contributed by atoms with Gasteiger partial charge < -0.3 is 20.5 Å². The summed E-state index contributed by atoms with van der Waals surface area (Å²) in [4.78, 5) is 3.74. The molecule has 0 aliphatic carbocycles. The summed E-state index contributed by atoms with van der Waals surface area (Å²) in [6.45, 7) is 0.517. The SMILES string of the molecule is COc1ccc(CNC(=S)N=CN)c(OC)c1. The third-order valence-corrected chi connectivity index (χ3v) is 2.37. The monoisotopic (exact) mass is 253 g/mol. The summed E-state index contributed by atoms with van der Waals surface area (Å²) in [5, 5.41) is 3.28. The lowest BCUT2D eigenvalue weighted by molar-refractivity contribution is 0.390. The lowest BCUT2D eigenvalue weighted by atomic mass is 10.2. The zero-order valence-electron chi connectivity index (χ0n) is 9.77. The molecular formula is C11H15N3O2S. The van der Waals surface area contributed by atoms with E-state index in [-0.39, 0.29) is 0 Å². The van der Waals surface area contributed by atoms with Crippen molar-refractivity contribution in [1.82, 2.24) is 5.32 Å². The van der Waals surface area contributed by atoms with Gasteiger partial charge >= 0.3 is 0 Å². The highest BCUT2D eigenvalue weighted by molar-refractivity contribution is 7.80. The first-order chi connectivity index (χ1) is 8.21. The van der Waals surface area contributed by atoms with E-state index in [0.717, 1.165) is 23.4 Å². The number of hydrogen-bond acceptors (Lipinski definition) is 3. The van der Waals surface area contributed by atoms with Crippen molar-refractivity contribution in [1.29, 1.82) is 0 Å². The summed E-state index contributed by atoms with van der Waals surface area (Å²) in [5.41, 5.74) is 6.09. The van der Waals surface area contributed by atoms with E-state index in [1.807, 2.05) is 18.2 Å².